The Kier molecular flexibility index (Phi) is 5.70. The predicted octanol–water partition coefficient (Wildman–Crippen LogP) is 2.51. The van der Waals surface area contributed by atoms with E-state index in [4.69, 9.17) is 17.0 Å². The lowest BCUT2D eigenvalue weighted by Gasteiger charge is -2.31. The lowest BCUT2D eigenvalue weighted by molar-refractivity contribution is -0.150. The molecule has 2 aromatic carbocycles. The number of benzene rings is 2. The number of ketones is 1. The number of methoxy groups -OCH3 is 2. The molecule has 1 aliphatic rings. The quantitative estimate of drug-likeness (QED) is 0.454. The number of rotatable bonds is 5. The zero-order chi connectivity index (χ0) is 20.3. The third kappa shape index (κ3) is 3.72. The van der Waals surface area contributed by atoms with E-state index in [1.807, 2.05) is 0 Å². The lowest BCUT2D eigenvalue weighted by Crippen LogP contribution is -2.46. The van der Waals surface area contributed by atoms with E-state index < -0.39 is 23.6 Å². The maximum absolute atomic E-state index is 13.8. The minimum atomic E-state index is -1.04. The van der Waals surface area contributed by atoms with Crippen molar-refractivity contribution in [3.05, 3.63) is 71.0 Å². The standard InChI is InChI=1S/C20H17FN2O4S/c1-26-14-9-4-3-8-13(14)17-15(18(24)19(25)27-2)16(22-20(28)23-17)11-6-5-7-12(21)10-11/h3-10,16H,1-2H3,(H2,22,23,28)/t16-/m0/s1. The first-order valence-corrected chi connectivity index (χ1v) is 8.70. The van der Waals surface area contributed by atoms with E-state index >= 15 is 0 Å². The molecule has 0 spiro atoms. The van der Waals surface area contributed by atoms with Crippen molar-refractivity contribution in [2.45, 2.75) is 6.04 Å². The first-order chi connectivity index (χ1) is 13.5. The number of thiocarbonyl (C=S) groups is 1. The largest absolute Gasteiger partial charge is 0.496 e. The molecule has 8 heteroatoms. The number of hydrogen-bond acceptors (Lipinski definition) is 5. The Hall–Kier alpha value is -3.26. The Morgan fingerprint density at radius 1 is 1.11 bits per heavy atom. The Labute approximate surface area is 166 Å². The summed E-state index contributed by atoms with van der Waals surface area (Å²) < 4.78 is 23.8. The van der Waals surface area contributed by atoms with Crippen molar-refractivity contribution in [1.82, 2.24) is 10.6 Å². The van der Waals surface area contributed by atoms with Crippen LogP contribution in [0.3, 0.4) is 0 Å². The fourth-order valence-corrected chi connectivity index (χ4v) is 3.23. The summed E-state index contributed by atoms with van der Waals surface area (Å²) in [6, 6.07) is 11.8. The topological polar surface area (TPSA) is 76.7 Å². The fraction of sp³-hybridized carbons (Fsp3) is 0.150. The van der Waals surface area contributed by atoms with Crippen molar-refractivity contribution in [3.8, 4) is 5.75 Å². The molecule has 0 saturated heterocycles. The van der Waals surface area contributed by atoms with Gasteiger partial charge in [-0.2, -0.15) is 0 Å². The van der Waals surface area contributed by atoms with Crippen LogP contribution in [0.2, 0.25) is 0 Å². The molecule has 0 saturated carbocycles. The molecule has 1 heterocycles. The van der Waals surface area contributed by atoms with Gasteiger partial charge in [0.15, 0.2) is 5.11 Å². The summed E-state index contributed by atoms with van der Waals surface area (Å²) in [7, 11) is 2.61. The molecule has 28 heavy (non-hydrogen) atoms. The maximum Gasteiger partial charge on any atom is 0.379 e. The van der Waals surface area contributed by atoms with Gasteiger partial charge in [-0.1, -0.05) is 24.3 Å². The highest BCUT2D eigenvalue weighted by atomic mass is 32.1. The molecule has 2 N–H and O–H groups in total. The van der Waals surface area contributed by atoms with Gasteiger partial charge in [-0.3, -0.25) is 4.79 Å². The van der Waals surface area contributed by atoms with Crippen LogP contribution in [0, 0.1) is 5.82 Å². The minimum absolute atomic E-state index is 0.0514. The lowest BCUT2D eigenvalue weighted by atomic mass is 9.89. The van der Waals surface area contributed by atoms with Crippen molar-refractivity contribution in [2.75, 3.05) is 14.2 Å². The average molecular weight is 400 g/mol. The van der Waals surface area contributed by atoms with Crippen molar-refractivity contribution in [3.63, 3.8) is 0 Å². The number of carbonyl (C=O) groups excluding carboxylic acids is 2. The zero-order valence-corrected chi connectivity index (χ0v) is 15.9. The Morgan fingerprint density at radius 2 is 1.86 bits per heavy atom. The summed E-state index contributed by atoms with van der Waals surface area (Å²) in [5.41, 5.74) is 1.31. The third-order valence-electron chi connectivity index (χ3n) is 4.25. The van der Waals surface area contributed by atoms with Gasteiger partial charge in [-0.05, 0) is 42.0 Å². The number of ether oxygens (including phenoxy) is 2. The van der Waals surface area contributed by atoms with E-state index in [9.17, 15) is 14.0 Å². The second-order valence-corrected chi connectivity index (χ2v) is 6.30. The van der Waals surface area contributed by atoms with E-state index in [1.54, 1.807) is 30.3 Å². The van der Waals surface area contributed by atoms with Gasteiger partial charge in [0, 0.05) is 5.56 Å². The van der Waals surface area contributed by atoms with Gasteiger partial charge in [0.25, 0.3) is 5.78 Å². The van der Waals surface area contributed by atoms with Crippen molar-refractivity contribution in [2.24, 2.45) is 0 Å². The van der Waals surface area contributed by atoms with Crippen molar-refractivity contribution in [1.29, 1.82) is 0 Å². The van der Waals surface area contributed by atoms with E-state index in [1.165, 1.54) is 25.3 Å². The molecule has 1 aliphatic heterocycles. The SMILES string of the molecule is COC(=O)C(=O)C1=C(c2ccccc2OC)NC(=S)N[C@H]1c1cccc(F)c1. The molecule has 144 valence electrons. The molecular formula is C20H17FN2O4S. The van der Waals surface area contributed by atoms with Gasteiger partial charge in [0.1, 0.15) is 11.6 Å². The van der Waals surface area contributed by atoms with Crippen LogP contribution in [0.15, 0.2) is 54.1 Å². The van der Waals surface area contributed by atoms with Crippen molar-refractivity contribution < 1.29 is 23.5 Å². The minimum Gasteiger partial charge on any atom is -0.496 e. The van der Waals surface area contributed by atoms with Crippen LogP contribution in [0.25, 0.3) is 5.70 Å². The molecule has 0 fully saturated rings. The monoisotopic (exact) mass is 400 g/mol. The summed E-state index contributed by atoms with van der Waals surface area (Å²) in [4.78, 5) is 25.0. The van der Waals surface area contributed by atoms with Gasteiger partial charge in [-0.25, -0.2) is 9.18 Å². The average Bonchev–Trinajstić information content (AvgIpc) is 2.72. The van der Waals surface area contributed by atoms with E-state index in [0.717, 1.165) is 7.11 Å². The van der Waals surface area contributed by atoms with Crippen LogP contribution in [-0.2, 0) is 14.3 Å². The molecule has 0 bridgehead atoms. The molecule has 0 amide bonds. The van der Waals surface area contributed by atoms with Crippen LogP contribution >= 0.6 is 12.2 Å². The van der Waals surface area contributed by atoms with Crippen LogP contribution in [-0.4, -0.2) is 31.1 Å². The molecular weight excluding hydrogens is 383 g/mol. The van der Waals surface area contributed by atoms with E-state index in [0.29, 0.717) is 22.6 Å². The summed E-state index contributed by atoms with van der Waals surface area (Å²) >= 11 is 5.29. The smallest absolute Gasteiger partial charge is 0.379 e. The molecule has 3 rings (SSSR count). The van der Waals surface area contributed by atoms with Crippen LogP contribution in [0.5, 0.6) is 5.75 Å². The highest BCUT2D eigenvalue weighted by Gasteiger charge is 2.36. The second kappa shape index (κ2) is 8.18. The number of Topliss-reactive ketones (excluding diaryl/α,β-unsaturated/α-hetero) is 1. The normalized spacial score (nSPS) is 16.1. The summed E-state index contributed by atoms with van der Waals surface area (Å²) in [6.07, 6.45) is 0. The third-order valence-corrected chi connectivity index (χ3v) is 4.47. The maximum atomic E-state index is 13.8. The number of halogens is 1. The Morgan fingerprint density at radius 3 is 2.54 bits per heavy atom. The first-order valence-electron chi connectivity index (χ1n) is 8.29. The molecule has 0 radical (unpaired) electrons. The summed E-state index contributed by atoms with van der Waals surface area (Å²) in [6.45, 7) is 0. The highest BCUT2D eigenvalue weighted by Crippen LogP contribution is 2.35. The number of para-hydroxylation sites is 1. The number of hydrogen-bond donors (Lipinski definition) is 2. The number of esters is 1. The Bertz CT molecular complexity index is 990. The van der Waals surface area contributed by atoms with Gasteiger partial charge in [0.2, 0.25) is 0 Å². The summed E-state index contributed by atoms with van der Waals surface area (Å²) in [5.74, 6) is -1.92. The molecule has 0 unspecified atom stereocenters. The number of carbonyl (C=O) groups is 2. The van der Waals surface area contributed by atoms with Crippen molar-refractivity contribution >= 4 is 34.8 Å². The van der Waals surface area contributed by atoms with Crippen LogP contribution in [0.1, 0.15) is 17.2 Å². The highest BCUT2D eigenvalue weighted by molar-refractivity contribution is 7.80. The molecule has 6 nitrogen and oxygen atoms in total. The molecule has 2 aromatic rings. The number of nitrogens with one attached hydrogen (secondary N) is 2. The van der Waals surface area contributed by atoms with Gasteiger partial charge < -0.3 is 20.1 Å². The van der Waals surface area contributed by atoms with E-state index in [2.05, 4.69) is 15.4 Å². The van der Waals surface area contributed by atoms with Gasteiger partial charge >= 0.3 is 5.97 Å². The van der Waals surface area contributed by atoms with Gasteiger partial charge in [0.05, 0.1) is 31.5 Å². The van der Waals surface area contributed by atoms with Gasteiger partial charge in [-0.15, -0.1) is 0 Å². The van der Waals surface area contributed by atoms with E-state index in [-0.39, 0.29) is 10.7 Å². The Balaban J connectivity index is 2.28. The zero-order valence-electron chi connectivity index (χ0n) is 15.1. The first kappa shape index (κ1) is 19.5. The fourth-order valence-electron chi connectivity index (χ4n) is 3.01. The van der Waals surface area contributed by atoms with Crippen LogP contribution in [0.4, 0.5) is 4.39 Å². The molecule has 0 aromatic heterocycles. The second-order valence-electron chi connectivity index (χ2n) is 5.90. The van der Waals surface area contributed by atoms with Crippen LogP contribution < -0.4 is 15.4 Å². The summed E-state index contributed by atoms with van der Waals surface area (Å²) in [5, 5.41) is 6.08. The predicted molar refractivity (Wildman–Crippen MR) is 105 cm³/mol. The molecule has 1 atom stereocenters. The molecule has 0 aliphatic carbocycles.